The van der Waals surface area contributed by atoms with Crippen molar-refractivity contribution in [1.82, 2.24) is 4.90 Å². The molecule has 1 aromatic carbocycles. The second-order valence-electron chi connectivity index (χ2n) is 4.62. The smallest absolute Gasteiger partial charge is 0.343 e. The Hall–Kier alpha value is -1.91. The summed E-state index contributed by atoms with van der Waals surface area (Å²) in [7, 11) is 0. The van der Waals surface area contributed by atoms with Crippen LogP contribution in [0, 0.1) is 6.92 Å². The standard InChI is InChI=1S/C13H14FNO3/c1-9-3-2-4-10(7-9)11(16)15-6-5-13(14,8-15)12(17)18/h2-4,7H,5-6,8H2,1H3,(H,17,18). The van der Waals surface area contributed by atoms with Crippen molar-refractivity contribution in [1.29, 1.82) is 0 Å². The van der Waals surface area contributed by atoms with Crippen LogP contribution in [0.5, 0.6) is 0 Å². The van der Waals surface area contributed by atoms with Crippen LogP contribution in [-0.4, -0.2) is 40.6 Å². The van der Waals surface area contributed by atoms with E-state index in [4.69, 9.17) is 5.11 Å². The largest absolute Gasteiger partial charge is 0.479 e. The van der Waals surface area contributed by atoms with Gasteiger partial charge in [-0.05, 0) is 19.1 Å². The molecule has 1 heterocycles. The van der Waals surface area contributed by atoms with E-state index in [1.807, 2.05) is 13.0 Å². The minimum absolute atomic E-state index is 0.134. The first kappa shape index (κ1) is 12.5. The summed E-state index contributed by atoms with van der Waals surface area (Å²) >= 11 is 0. The van der Waals surface area contributed by atoms with Gasteiger partial charge in [-0.1, -0.05) is 17.7 Å². The van der Waals surface area contributed by atoms with Gasteiger partial charge in [0.25, 0.3) is 5.91 Å². The van der Waals surface area contributed by atoms with Gasteiger partial charge in [0, 0.05) is 18.5 Å². The number of carbonyl (C=O) groups excluding carboxylic acids is 1. The Labute approximate surface area is 104 Å². The monoisotopic (exact) mass is 251 g/mol. The molecule has 0 aromatic heterocycles. The number of carbonyl (C=O) groups is 2. The first-order valence-electron chi connectivity index (χ1n) is 5.71. The van der Waals surface area contributed by atoms with Crippen molar-refractivity contribution >= 4 is 11.9 Å². The Bertz CT molecular complexity index is 503. The van der Waals surface area contributed by atoms with Crippen molar-refractivity contribution in [2.75, 3.05) is 13.1 Å². The number of amides is 1. The maximum atomic E-state index is 13.8. The zero-order valence-corrected chi connectivity index (χ0v) is 10.0. The molecule has 1 saturated heterocycles. The van der Waals surface area contributed by atoms with Crippen LogP contribution in [-0.2, 0) is 4.79 Å². The molecule has 1 atom stereocenters. The Morgan fingerprint density at radius 1 is 1.44 bits per heavy atom. The molecule has 1 amide bonds. The average molecular weight is 251 g/mol. The molecule has 0 aliphatic carbocycles. The molecule has 1 N–H and O–H groups in total. The molecule has 1 aliphatic heterocycles. The third-order valence-electron chi connectivity index (χ3n) is 3.15. The number of hydrogen-bond acceptors (Lipinski definition) is 2. The molecular weight excluding hydrogens is 237 g/mol. The van der Waals surface area contributed by atoms with Gasteiger partial charge in [0.2, 0.25) is 5.67 Å². The molecule has 96 valence electrons. The maximum absolute atomic E-state index is 13.8. The van der Waals surface area contributed by atoms with E-state index >= 15 is 0 Å². The van der Waals surface area contributed by atoms with Gasteiger partial charge in [-0.25, -0.2) is 9.18 Å². The van der Waals surface area contributed by atoms with Crippen LogP contribution < -0.4 is 0 Å². The molecule has 4 nitrogen and oxygen atoms in total. The van der Waals surface area contributed by atoms with E-state index in [1.54, 1.807) is 18.2 Å². The van der Waals surface area contributed by atoms with Crippen LogP contribution in [0.1, 0.15) is 22.3 Å². The molecule has 1 unspecified atom stereocenters. The predicted octanol–water partition coefficient (Wildman–Crippen LogP) is 1.63. The van der Waals surface area contributed by atoms with E-state index in [0.29, 0.717) is 5.56 Å². The highest BCUT2D eigenvalue weighted by atomic mass is 19.1. The number of halogens is 1. The summed E-state index contributed by atoms with van der Waals surface area (Å²) in [5, 5.41) is 8.77. The Balaban J connectivity index is 2.15. The molecule has 0 spiro atoms. The second kappa shape index (κ2) is 4.40. The van der Waals surface area contributed by atoms with Crippen molar-refractivity contribution in [3.8, 4) is 0 Å². The zero-order chi connectivity index (χ0) is 13.3. The summed E-state index contributed by atoms with van der Waals surface area (Å²) in [6.07, 6.45) is -0.153. The Kier molecular flexibility index (Phi) is 3.07. The zero-order valence-electron chi connectivity index (χ0n) is 10.0. The Morgan fingerprint density at radius 3 is 2.72 bits per heavy atom. The minimum Gasteiger partial charge on any atom is -0.479 e. The summed E-state index contributed by atoms with van der Waals surface area (Å²) < 4.78 is 13.8. The van der Waals surface area contributed by atoms with Gasteiger partial charge in [-0.3, -0.25) is 4.79 Å². The number of rotatable bonds is 2. The fraction of sp³-hybridized carbons (Fsp3) is 0.385. The highest BCUT2D eigenvalue weighted by Crippen LogP contribution is 2.27. The van der Waals surface area contributed by atoms with Gasteiger partial charge >= 0.3 is 5.97 Å². The van der Waals surface area contributed by atoms with Crippen LogP contribution >= 0.6 is 0 Å². The SMILES string of the molecule is Cc1cccc(C(=O)N2CCC(F)(C(=O)O)C2)c1. The van der Waals surface area contributed by atoms with Crippen LogP contribution in [0.2, 0.25) is 0 Å². The molecule has 0 radical (unpaired) electrons. The lowest BCUT2D eigenvalue weighted by atomic mass is 10.1. The van der Waals surface area contributed by atoms with E-state index in [9.17, 15) is 14.0 Å². The van der Waals surface area contributed by atoms with Crippen molar-refractivity contribution < 1.29 is 19.1 Å². The third-order valence-corrected chi connectivity index (χ3v) is 3.15. The predicted molar refractivity (Wildman–Crippen MR) is 63.2 cm³/mol. The number of hydrogen-bond donors (Lipinski definition) is 1. The van der Waals surface area contributed by atoms with Crippen molar-refractivity contribution in [2.45, 2.75) is 19.0 Å². The molecular formula is C13H14FNO3. The van der Waals surface area contributed by atoms with Crippen LogP contribution in [0.4, 0.5) is 4.39 Å². The number of benzene rings is 1. The molecule has 2 rings (SSSR count). The van der Waals surface area contributed by atoms with Gasteiger partial charge in [0.1, 0.15) is 0 Å². The lowest BCUT2D eigenvalue weighted by Gasteiger charge is -2.17. The minimum atomic E-state index is -2.31. The first-order valence-corrected chi connectivity index (χ1v) is 5.71. The molecule has 0 bridgehead atoms. The van der Waals surface area contributed by atoms with Crippen molar-refractivity contribution in [3.63, 3.8) is 0 Å². The summed E-state index contributed by atoms with van der Waals surface area (Å²) in [5.74, 6) is -1.82. The van der Waals surface area contributed by atoms with E-state index in [0.717, 1.165) is 5.56 Å². The topological polar surface area (TPSA) is 57.6 Å². The highest BCUT2D eigenvalue weighted by Gasteiger charge is 2.46. The van der Waals surface area contributed by atoms with Crippen LogP contribution in [0.3, 0.4) is 0 Å². The second-order valence-corrected chi connectivity index (χ2v) is 4.62. The normalized spacial score (nSPS) is 23.1. The summed E-state index contributed by atoms with van der Waals surface area (Å²) in [4.78, 5) is 24.1. The van der Waals surface area contributed by atoms with E-state index in [2.05, 4.69) is 0 Å². The van der Waals surface area contributed by atoms with Gasteiger partial charge in [-0.15, -0.1) is 0 Å². The Morgan fingerprint density at radius 2 is 2.17 bits per heavy atom. The fourth-order valence-electron chi connectivity index (χ4n) is 2.08. The van der Waals surface area contributed by atoms with Gasteiger partial charge in [0.05, 0.1) is 6.54 Å². The van der Waals surface area contributed by atoms with Crippen molar-refractivity contribution in [3.05, 3.63) is 35.4 Å². The summed E-state index contributed by atoms with van der Waals surface area (Å²) in [6.45, 7) is 1.61. The van der Waals surface area contributed by atoms with Crippen molar-refractivity contribution in [2.24, 2.45) is 0 Å². The number of carboxylic acids is 1. The molecule has 18 heavy (non-hydrogen) atoms. The number of likely N-dealkylation sites (tertiary alicyclic amines) is 1. The molecule has 1 fully saturated rings. The van der Waals surface area contributed by atoms with Gasteiger partial charge in [0.15, 0.2) is 0 Å². The average Bonchev–Trinajstić information content (AvgIpc) is 2.72. The molecule has 1 aromatic rings. The van der Waals surface area contributed by atoms with E-state index < -0.39 is 11.6 Å². The number of nitrogens with zero attached hydrogens (tertiary/aromatic N) is 1. The molecule has 0 saturated carbocycles. The van der Waals surface area contributed by atoms with Gasteiger partial charge < -0.3 is 10.0 Å². The quantitative estimate of drug-likeness (QED) is 0.869. The summed E-state index contributed by atoms with van der Waals surface area (Å²) in [6, 6.07) is 6.96. The van der Waals surface area contributed by atoms with E-state index in [1.165, 1.54) is 4.90 Å². The third kappa shape index (κ3) is 2.20. The molecule has 5 heteroatoms. The number of aryl methyl sites for hydroxylation is 1. The number of aliphatic carboxylic acids is 1. The maximum Gasteiger partial charge on any atom is 0.343 e. The van der Waals surface area contributed by atoms with Gasteiger partial charge in [-0.2, -0.15) is 0 Å². The van der Waals surface area contributed by atoms with Crippen LogP contribution in [0.15, 0.2) is 24.3 Å². The number of alkyl halides is 1. The number of carboxylic acid groups (broad SMARTS) is 1. The molecule has 1 aliphatic rings. The first-order chi connectivity index (χ1) is 8.42. The fourth-order valence-corrected chi connectivity index (χ4v) is 2.08. The summed E-state index contributed by atoms with van der Waals surface area (Å²) in [5.41, 5.74) is -0.908. The van der Waals surface area contributed by atoms with Crippen LogP contribution in [0.25, 0.3) is 0 Å². The van der Waals surface area contributed by atoms with E-state index in [-0.39, 0.29) is 25.4 Å². The lowest BCUT2D eigenvalue weighted by molar-refractivity contribution is -0.149. The highest BCUT2D eigenvalue weighted by molar-refractivity contribution is 5.95. The lowest BCUT2D eigenvalue weighted by Crippen LogP contribution is -2.38.